The molecule has 1 aliphatic rings. The molecule has 1 fully saturated rings. The van der Waals surface area contributed by atoms with E-state index in [4.69, 9.17) is 17.0 Å². The van der Waals surface area contributed by atoms with Crippen molar-refractivity contribution in [3.8, 4) is 0 Å². The Balaban J connectivity index is 0.000000461. The maximum absolute atomic E-state index is 5.15. The predicted octanol–water partition coefficient (Wildman–Crippen LogP) is 1.69. The van der Waals surface area contributed by atoms with E-state index in [2.05, 4.69) is 4.90 Å². The average molecular weight is 175 g/mol. The Labute approximate surface area is 74.5 Å². The van der Waals surface area contributed by atoms with Crippen LogP contribution in [0.3, 0.4) is 0 Å². The fourth-order valence-electron chi connectivity index (χ4n) is 0.878. The van der Waals surface area contributed by atoms with Gasteiger partial charge in [0.05, 0.1) is 18.2 Å². The van der Waals surface area contributed by atoms with Crippen LogP contribution in [0, 0.1) is 0 Å². The molecule has 1 heterocycles. The number of morpholine rings is 1. The van der Waals surface area contributed by atoms with Gasteiger partial charge in [-0.1, -0.05) is 26.1 Å². The molecule has 1 rings (SSSR count). The molecule has 0 N–H and O–H groups in total. The molecule has 0 aliphatic carbocycles. The van der Waals surface area contributed by atoms with Crippen molar-refractivity contribution >= 4 is 17.2 Å². The van der Waals surface area contributed by atoms with E-state index in [1.807, 2.05) is 20.8 Å². The van der Waals surface area contributed by atoms with Gasteiger partial charge in [0.15, 0.2) is 0 Å². The normalized spacial score (nSPS) is 16.8. The van der Waals surface area contributed by atoms with Gasteiger partial charge in [0.25, 0.3) is 0 Å². The van der Waals surface area contributed by atoms with Crippen LogP contribution in [0.25, 0.3) is 0 Å². The van der Waals surface area contributed by atoms with Gasteiger partial charge >= 0.3 is 0 Å². The third kappa shape index (κ3) is 4.32. The zero-order valence-corrected chi connectivity index (χ0v) is 8.41. The van der Waals surface area contributed by atoms with Gasteiger partial charge in [-0.05, 0) is 6.92 Å². The second-order valence-corrected chi connectivity index (χ2v) is 2.71. The van der Waals surface area contributed by atoms with E-state index in [1.165, 1.54) is 0 Å². The van der Waals surface area contributed by atoms with Gasteiger partial charge in [0, 0.05) is 13.1 Å². The van der Waals surface area contributed by atoms with E-state index in [-0.39, 0.29) is 0 Å². The van der Waals surface area contributed by atoms with Crippen molar-refractivity contribution in [1.29, 1.82) is 0 Å². The Hall–Kier alpha value is -0.150. The zero-order valence-electron chi connectivity index (χ0n) is 7.59. The highest BCUT2D eigenvalue weighted by atomic mass is 32.1. The number of thiocarbonyl (C=S) groups is 1. The monoisotopic (exact) mass is 175 g/mol. The third-order valence-corrected chi connectivity index (χ3v) is 1.71. The second kappa shape index (κ2) is 6.55. The lowest BCUT2D eigenvalue weighted by Gasteiger charge is -2.27. The summed E-state index contributed by atoms with van der Waals surface area (Å²) in [4.78, 5) is 3.15. The van der Waals surface area contributed by atoms with Crippen LogP contribution in [0.1, 0.15) is 20.8 Å². The van der Waals surface area contributed by atoms with Crippen molar-refractivity contribution in [2.75, 3.05) is 26.3 Å². The summed E-state index contributed by atoms with van der Waals surface area (Å²) in [5.74, 6) is 0. The SMILES string of the molecule is CC.CC(=S)N1CCOCC1. The number of hydrogen-bond acceptors (Lipinski definition) is 2. The van der Waals surface area contributed by atoms with Crippen LogP contribution in [0.2, 0.25) is 0 Å². The zero-order chi connectivity index (χ0) is 8.69. The Morgan fingerprint density at radius 3 is 2.00 bits per heavy atom. The molecule has 0 saturated carbocycles. The molecule has 2 nitrogen and oxygen atoms in total. The Kier molecular flexibility index (Phi) is 6.46. The summed E-state index contributed by atoms with van der Waals surface area (Å²) in [6, 6.07) is 0. The molecule has 0 atom stereocenters. The van der Waals surface area contributed by atoms with Crippen molar-refractivity contribution in [1.82, 2.24) is 4.90 Å². The molecule has 1 saturated heterocycles. The molecule has 66 valence electrons. The number of nitrogens with zero attached hydrogens (tertiary/aromatic N) is 1. The van der Waals surface area contributed by atoms with E-state index in [9.17, 15) is 0 Å². The Morgan fingerprint density at radius 2 is 1.73 bits per heavy atom. The molecule has 0 radical (unpaired) electrons. The lowest BCUT2D eigenvalue weighted by molar-refractivity contribution is 0.0688. The van der Waals surface area contributed by atoms with E-state index < -0.39 is 0 Å². The van der Waals surface area contributed by atoms with Gasteiger partial charge in [0.1, 0.15) is 0 Å². The summed E-state index contributed by atoms with van der Waals surface area (Å²) in [6.45, 7) is 9.55. The first kappa shape index (κ1) is 10.8. The van der Waals surface area contributed by atoms with E-state index in [0.717, 1.165) is 31.3 Å². The molecule has 11 heavy (non-hydrogen) atoms. The largest absolute Gasteiger partial charge is 0.378 e. The Morgan fingerprint density at radius 1 is 1.27 bits per heavy atom. The van der Waals surface area contributed by atoms with E-state index >= 15 is 0 Å². The molecule has 0 amide bonds. The molecule has 0 spiro atoms. The quantitative estimate of drug-likeness (QED) is 0.520. The second-order valence-electron chi connectivity index (χ2n) is 2.12. The molecule has 0 aromatic heterocycles. The third-order valence-electron chi connectivity index (χ3n) is 1.46. The molecule has 1 aliphatic heterocycles. The van der Waals surface area contributed by atoms with Crippen molar-refractivity contribution < 1.29 is 4.74 Å². The number of rotatable bonds is 0. The van der Waals surface area contributed by atoms with Crippen LogP contribution >= 0.6 is 12.2 Å². The highest BCUT2D eigenvalue weighted by Crippen LogP contribution is 1.97. The summed E-state index contributed by atoms with van der Waals surface area (Å²) >= 11 is 4.99. The maximum Gasteiger partial charge on any atom is 0.0749 e. The first-order valence-electron chi connectivity index (χ1n) is 4.14. The minimum absolute atomic E-state index is 0.827. The van der Waals surface area contributed by atoms with Gasteiger partial charge < -0.3 is 9.64 Å². The first-order valence-corrected chi connectivity index (χ1v) is 4.55. The molecule has 0 aromatic rings. The standard InChI is InChI=1S/C6H11NOS.C2H6/c1-6(9)7-2-4-8-5-3-7;1-2/h2-5H2,1H3;1-2H3. The maximum atomic E-state index is 5.15. The summed E-state index contributed by atoms with van der Waals surface area (Å²) in [6.07, 6.45) is 0. The van der Waals surface area contributed by atoms with Crippen LogP contribution in [0.5, 0.6) is 0 Å². The molecule has 0 aromatic carbocycles. The van der Waals surface area contributed by atoms with Gasteiger partial charge in [-0.3, -0.25) is 0 Å². The van der Waals surface area contributed by atoms with Crippen LogP contribution in [0.15, 0.2) is 0 Å². The summed E-state index contributed by atoms with van der Waals surface area (Å²) in [7, 11) is 0. The van der Waals surface area contributed by atoms with Crippen LogP contribution in [-0.2, 0) is 4.74 Å². The van der Waals surface area contributed by atoms with Crippen LogP contribution < -0.4 is 0 Å². The minimum atomic E-state index is 0.827. The molecule has 0 bridgehead atoms. The molecule has 3 heteroatoms. The van der Waals surface area contributed by atoms with Crippen molar-refractivity contribution in [2.45, 2.75) is 20.8 Å². The fourth-order valence-corrected chi connectivity index (χ4v) is 1.06. The summed E-state index contributed by atoms with van der Waals surface area (Å²) in [5.41, 5.74) is 0. The lowest BCUT2D eigenvalue weighted by atomic mass is 10.4. The first-order chi connectivity index (χ1) is 5.30. The summed E-state index contributed by atoms with van der Waals surface area (Å²) < 4.78 is 5.15. The van der Waals surface area contributed by atoms with E-state index in [1.54, 1.807) is 0 Å². The average Bonchev–Trinajstić information content (AvgIpc) is 2.10. The van der Waals surface area contributed by atoms with Crippen LogP contribution in [-0.4, -0.2) is 36.2 Å². The summed E-state index contributed by atoms with van der Waals surface area (Å²) in [5, 5.41) is 0. The minimum Gasteiger partial charge on any atom is -0.378 e. The number of ether oxygens (including phenoxy) is 1. The van der Waals surface area contributed by atoms with Crippen molar-refractivity contribution in [2.24, 2.45) is 0 Å². The fraction of sp³-hybridized carbons (Fsp3) is 0.875. The smallest absolute Gasteiger partial charge is 0.0749 e. The molecule has 0 unspecified atom stereocenters. The lowest BCUT2D eigenvalue weighted by Crippen LogP contribution is -2.38. The Bertz CT molecular complexity index is 111. The van der Waals surface area contributed by atoms with Gasteiger partial charge in [-0.25, -0.2) is 0 Å². The van der Waals surface area contributed by atoms with Gasteiger partial charge in [-0.15, -0.1) is 0 Å². The highest BCUT2D eigenvalue weighted by molar-refractivity contribution is 7.80. The van der Waals surface area contributed by atoms with Gasteiger partial charge in [-0.2, -0.15) is 0 Å². The van der Waals surface area contributed by atoms with E-state index in [0.29, 0.717) is 0 Å². The molecular weight excluding hydrogens is 158 g/mol. The van der Waals surface area contributed by atoms with Gasteiger partial charge in [0.2, 0.25) is 0 Å². The van der Waals surface area contributed by atoms with Crippen molar-refractivity contribution in [3.63, 3.8) is 0 Å². The topological polar surface area (TPSA) is 12.5 Å². The van der Waals surface area contributed by atoms with Crippen LogP contribution in [0.4, 0.5) is 0 Å². The predicted molar refractivity (Wildman–Crippen MR) is 52.0 cm³/mol. The highest BCUT2D eigenvalue weighted by Gasteiger charge is 2.08. The van der Waals surface area contributed by atoms with Crippen molar-refractivity contribution in [3.05, 3.63) is 0 Å². The number of hydrogen-bond donors (Lipinski definition) is 0. The molecular formula is C8H17NOS.